The van der Waals surface area contributed by atoms with Crippen LogP contribution in [0.25, 0.3) is 0 Å². The Kier molecular flexibility index (Phi) is 23.0. The number of hydrogen-bond donors (Lipinski definition) is 2. The predicted molar refractivity (Wildman–Crippen MR) is 71.1 cm³/mol. The summed E-state index contributed by atoms with van der Waals surface area (Å²) >= 11 is 0. The fraction of sp³-hybridized carbons (Fsp3) is 0.818. The molecule has 92 valence electrons. The number of aliphatic carboxylic acids is 2. The minimum atomic E-state index is -0.726. The van der Waals surface area contributed by atoms with E-state index in [1.165, 1.54) is 0 Å². The summed E-state index contributed by atoms with van der Waals surface area (Å²) in [7, 11) is 0. The van der Waals surface area contributed by atoms with Crippen molar-refractivity contribution in [3.8, 4) is 0 Å². The Hall–Kier alpha value is 0.940. The Balaban J connectivity index is -0.000000980. The van der Waals surface area contributed by atoms with E-state index < -0.39 is 11.9 Å². The molecule has 0 bridgehead atoms. The quantitative estimate of drug-likeness (QED) is 0.461. The first-order valence-electron chi connectivity index (χ1n) is 5.56. The molecule has 0 fully saturated rings. The van der Waals surface area contributed by atoms with Gasteiger partial charge in [-0.2, -0.15) is 0 Å². The Morgan fingerprint density at radius 2 is 0.824 bits per heavy atom. The molecule has 0 aliphatic heterocycles. The van der Waals surface area contributed by atoms with Crippen LogP contribution < -0.4 is 0 Å². The summed E-state index contributed by atoms with van der Waals surface area (Å²) in [4.78, 5) is 20.4. The van der Waals surface area contributed by atoms with Crippen LogP contribution in [0.5, 0.6) is 0 Å². The molecule has 6 heteroatoms. The molecule has 4 nitrogen and oxygen atoms in total. The molecule has 2 N–H and O–H groups in total. The zero-order chi connectivity index (χ0) is 11.5. The van der Waals surface area contributed by atoms with Gasteiger partial charge >= 0.3 is 71.1 Å². The topological polar surface area (TPSA) is 74.6 Å². The average Bonchev–Trinajstić information content (AvgIpc) is 2.14. The number of carboxylic acids is 2. The first-order chi connectivity index (χ1) is 7.13. The van der Waals surface area contributed by atoms with Gasteiger partial charge in [0.25, 0.3) is 0 Å². The van der Waals surface area contributed by atoms with Crippen LogP contribution in [0.1, 0.15) is 57.8 Å². The molecule has 0 radical (unpaired) electrons. The summed E-state index contributed by atoms with van der Waals surface area (Å²) in [5.41, 5.74) is 0. The van der Waals surface area contributed by atoms with E-state index in [0.717, 1.165) is 44.9 Å². The molecule has 0 aromatic rings. The van der Waals surface area contributed by atoms with Crippen molar-refractivity contribution < 1.29 is 19.8 Å². The average molecular weight is 264 g/mol. The van der Waals surface area contributed by atoms with Gasteiger partial charge in [0.2, 0.25) is 0 Å². The zero-order valence-corrected chi connectivity index (χ0v) is 9.07. The minimum absolute atomic E-state index is 0. The molecule has 0 rings (SSSR count). The second-order valence-electron chi connectivity index (χ2n) is 3.76. The van der Waals surface area contributed by atoms with Crippen molar-refractivity contribution in [1.82, 2.24) is 0 Å². The maximum absolute atomic E-state index is 10.2. The van der Waals surface area contributed by atoms with Crippen molar-refractivity contribution in [3.63, 3.8) is 0 Å². The predicted octanol–water partition coefficient (Wildman–Crippen LogP) is 1.37. The molecular weight excluding hydrogens is 242 g/mol. The van der Waals surface area contributed by atoms with Crippen LogP contribution in [-0.4, -0.2) is 81.3 Å². The third-order valence-electron chi connectivity index (χ3n) is 2.28. The van der Waals surface area contributed by atoms with E-state index in [1.807, 2.05) is 0 Å². The van der Waals surface area contributed by atoms with E-state index in [4.69, 9.17) is 10.2 Å². The SMILES string of the molecule is O=C(O)CCCCCCCCCC(=O)O.[NaH].[NaH]. The second kappa shape index (κ2) is 16.9. The number of unbranched alkanes of at least 4 members (excludes halogenated alkanes) is 6. The van der Waals surface area contributed by atoms with Gasteiger partial charge in [-0.25, -0.2) is 0 Å². The van der Waals surface area contributed by atoms with E-state index in [1.54, 1.807) is 0 Å². The fourth-order valence-electron chi connectivity index (χ4n) is 1.44. The number of carbonyl (C=O) groups is 2. The summed E-state index contributed by atoms with van der Waals surface area (Å²) in [6.07, 6.45) is 7.16. The van der Waals surface area contributed by atoms with Gasteiger partial charge in [0, 0.05) is 12.8 Å². The third kappa shape index (κ3) is 22.6. The van der Waals surface area contributed by atoms with Gasteiger partial charge in [0.05, 0.1) is 0 Å². The van der Waals surface area contributed by atoms with Crippen LogP contribution in [0, 0.1) is 0 Å². The number of rotatable bonds is 10. The molecule has 0 heterocycles. The second-order valence-corrected chi connectivity index (χ2v) is 3.76. The van der Waals surface area contributed by atoms with Gasteiger partial charge < -0.3 is 10.2 Å². The molecular formula is C11H22Na2O4. The molecule has 17 heavy (non-hydrogen) atoms. The van der Waals surface area contributed by atoms with E-state index in [-0.39, 0.29) is 72.0 Å². The van der Waals surface area contributed by atoms with Crippen LogP contribution in [0.3, 0.4) is 0 Å². The van der Waals surface area contributed by atoms with Crippen molar-refractivity contribution in [1.29, 1.82) is 0 Å². The molecule has 0 aromatic heterocycles. The first kappa shape index (κ1) is 23.1. The summed E-state index contributed by atoms with van der Waals surface area (Å²) in [6, 6.07) is 0. The first-order valence-corrected chi connectivity index (χ1v) is 5.56. The van der Waals surface area contributed by atoms with Crippen molar-refractivity contribution in [2.24, 2.45) is 0 Å². The van der Waals surface area contributed by atoms with Crippen LogP contribution in [0.2, 0.25) is 0 Å². The summed E-state index contributed by atoms with van der Waals surface area (Å²) in [5.74, 6) is -1.45. The van der Waals surface area contributed by atoms with E-state index in [9.17, 15) is 9.59 Å². The van der Waals surface area contributed by atoms with Crippen LogP contribution in [0.15, 0.2) is 0 Å². The molecule has 0 aliphatic rings. The third-order valence-corrected chi connectivity index (χ3v) is 2.28. The van der Waals surface area contributed by atoms with Gasteiger partial charge in [-0.05, 0) is 12.8 Å². The Labute approximate surface area is 147 Å². The monoisotopic (exact) mass is 264 g/mol. The molecule has 0 aromatic carbocycles. The van der Waals surface area contributed by atoms with Crippen LogP contribution in [0.4, 0.5) is 0 Å². The van der Waals surface area contributed by atoms with Gasteiger partial charge in [-0.1, -0.05) is 32.1 Å². The van der Waals surface area contributed by atoms with E-state index in [0.29, 0.717) is 0 Å². The molecule has 0 atom stereocenters. The Morgan fingerprint density at radius 1 is 0.588 bits per heavy atom. The zero-order valence-electron chi connectivity index (χ0n) is 9.07. The summed E-state index contributed by atoms with van der Waals surface area (Å²) < 4.78 is 0. The van der Waals surface area contributed by atoms with Crippen molar-refractivity contribution in [2.45, 2.75) is 57.8 Å². The molecule has 0 amide bonds. The summed E-state index contributed by atoms with van der Waals surface area (Å²) in [6.45, 7) is 0. The van der Waals surface area contributed by atoms with Crippen LogP contribution >= 0.6 is 0 Å². The van der Waals surface area contributed by atoms with Crippen molar-refractivity contribution >= 4 is 71.1 Å². The maximum atomic E-state index is 10.2. The standard InChI is InChI=1S/C11H20O4.2Na.2H/c12-10(13)8-6-4-2-1-3-5-7-9-11(14)15;;;;/h1-9H2,(H,12,13)(H,14,15);;;;. The van der Waals surface area contributed by atoms with Crippen molar-refractivity contribution in [2.75, 3.05) is 0 Å². The van der Waals surface area contributed by atoms with Gasteiger partial charge in [-0.3, -0.25) is 9.59 Å². The number of hydrogen-bond acceptors (Lipinski definition) is 2. The molecule has 0 unspecified atom stereocenters. The van der Waals surface area contributed by atoms with Crippen molar-refractivity contribution in [3.05, 3.63) is 0 Å². The Bertz CT molecular complexity index is 178. The molecule has 0 saturated carbocycles. The summed E-state index contributed by atoms with van der Waals surface area (Å²) in [5, 5.41) is 16.8. The van der Waals surface area contributed by atoms with Gasteiger partial charge in [0.15, 0.2) is 0 Å². The molecule has 0 spiro atoms. The van der Waals surface area contributed by atoms with Gasteiger partial charge in [0.1, 0.15) is 0 Å². The normalized spacial score (nSPS) is 8.94. The number of carboxylic acid groups (broad SMARTS) is 2. The Morgan fingerprint density at radius 3 is 1.06 bits per heavy atom. The van der Waals surface area contributed by atoms with E-state index in [2.05, 4.69) is 0 Å². The molecule has 0 saturated heterocycles. The van der Waals surface area contributed by atoms with Gasteiger partial charge in [-0.15, -0.1) is 0 Å². The van der Waals surface area contributed by atoms with E-state index >= 15 is 0 Å². The molecule has 0 aliphatic carbocycles. The fourth-order valence-corrected chi connectivity index (χ4v) is 1.44. The van der Waals surface area contributed by atoms with Crippen LogP contribution in [-0.2, 0) is 9.59 Å².